The lowest BCUT2D eigenvalue weighted by Crippen LogP contribution is -2.32. The monoisotopic (exact) mass is 386 g/mol. The summed E-state index contributed by atoms with van der Waals surface area (Å²) < 4.78 is 8.83. The molecule has 0 bridgehead atoms. The number of aliphatic hydroxyl groups excluding tert-OH is 9. The molecule has 0 aromatic carbocycles. The first-order valence-electron chi connectivity index (χ1n) is 6.52. The quantitative estimate of drug-likeness (QED) is 0.246. The van der Waals surface area contributed by atoms with Crippen molar-refractivity contribution < 1.29 is 60.2 Å². The van der Waals surface area contributed by atoms with Crippen LogP contribution < -0.4 is 0 Å². The molecule has 2 aliphatic heterocycles. The summed E-state index contributed by atoms with van der Waals surface area (Å²) in [5.41, 5.74) is 0. The summed E-state index contributed by atoms with van der Waals surface area (Å²) in [6.07, 6.45) is -7.02. The Morgan fingerprint density at radius 1 is 0.846 bits per heavy atom. The van der Waals surface area contributed by atoms with E-state index in [0.29, 0.717) is 0 Å². The standard InChI is InChI=1S/C6H10O6.C6H8O6.2CH4/c2*7-1-2(8)5-3(9)4(10)6(11)12-5;;/h2,5-11H,1H2;2,5,7-10H,1H2;2*1H4. The fourth-order valence-electron chi connectivity index (χ4n) is 1.73. The molecule has 12 heteroatoms. The normalized spacial score (nSPS) is 27.0. The van der Waals surface area contributed by atoms with Gasteiger partial charge in [0.1, 0.15) is 18.3 Å². The Labute approximate surface area is 149 Å². The highest BCUT2D eigenvalue weighted by atomic mass is 16.6. The van der Waals surface area contributed by atoms with E-state index in [4.69, 9.17) is 46.0 Å². The molecule has 0 saturated heterocycles. The number of aliphatic hydroxyl groups is 9. The first-order chi connectivity index (χ1) is 11.1. The zero-order valence-corrected chi connectivity index (χ0v) is 12.1. The first-order valence-corrected chi connectivity index (χ1v) is 6.52. The average molecular weight is 386 g/mol. The maximum absolute atomic E-state index is 10.5. The summed E-state index contributed by atoms with van der Waals surface area (Å²) >= 11 is 0. The van der Waals surface area contributed by atoms with Crippen molar-refractivity contribution in [1.29, 1.82) is 0 Å². The summed E-state index contributed by atoms with van der Waals surface area (Å²) in [6, 6.07) is 0. The molecule has 0 amide bonds. The second-order valence-corrected chi connectivity index (χ2v) is 4.74. The van der Waals surface area contributed by atoms with Gasteiger partial charge < -0.3 is 55.4 Å². The third-order valence-corrected chi connectivity index (χ3v) is 3.05. The second-order valence-electron chi connectivity index (χ2n) is 4.74. The van der Waals surface area contributed by atoms with Crippen LogP contribution in [0.25, 0.3) is 0 Å². The molecule has 26 heavy (non-hydrogen) atoms. The van der Waals surface area contributed by atoms with Crippen molar-refractivity contribution in [1.82, 2.24) is 0 Å². The lowest BCUT2D eigenvalue weighted by atomic mass is 10.2. The molecule has 5 unspecified atom stereocenters. The number of esters is 1. The zero-order chi connectivity index (χ0) is 18.6. The lowest BCUT2D eigenvalue weighted by molar-refractivity contribution is -0.147. The van der Waals surface area contributed by atoms with Crippen LogP contribution in [0.4, 0.5) is 0 Å². The van der Waals surface area contributed by atoms with E-state index in [1.54, 1.807) is 0 Å². The number of ether oxygens (including phenoxy) is 2. The maximum atomic E-state index is 10.5. The van der Waals surface area contributed by atoms with Gasteiger partial charge in [-0.2, -0.15) is 0 Å². The highest BCUT2D eigenvalue weighted by molar-refractivity contribution is 5.89. The summed E-state index contributed by atoms with van der Waals surface area (Å²) in [4.78, 5) is 10.5. The van der Waals surface area contributed by atoms with Crippen molar-refractivity contribution in [2.75, 3.05) is 13.2 Å². The lowest BCUT2D eigenvalue weighted by Gasteiger charge is -2.15. The number of carbonyl (C=O) groups is 1. The molecule has 12 nitrogen and oxygen atoms in total. The molecular weight excluding hydrogens is 360 g/mol. The zero-order valence-electron chi connectivity index (χ0n) is 12.1. The topological polar surface area (TPSA) is 218 Å². The van der Waals surface area contributed by atoms with Crippen molar-refractivity contribution in [2.45, 2.75) is 45.6 Å². The van der Waals surface area contributed by atoms with Crippen LogP contribution in [0.15, 0.2) is 23.0 Å². The Morgan fingerprint density at radius 2 is 1.31 bits per heavy atom. The van der Waals surface area contributed by atoms with Gasteiger partial charge in [-0.15, -0.1) is 0 Å². The molecule has 0 saturated carbocycles. The van der Waals surface area contributed by atoms with Gasteiger partial charge >= 0.3 is 5.97 Å². The number of hydrogen-bond acceptors (Lipinski definition) is 12. The highest BCUT2D eigenvalue weighted by Crippen LogP contribution is 2.24. The Bertz CT molecular complexity index is 528. The van der Waals surface area contributed by atoms with Gasteiger partial charge in [-0.05, 0) is 0 Å². The van der Waals surface area contributed by atoms with E-state index in [0.717, 1.165) is 0 Å². The third-order valence-electron chi connectivity index (χ3n) is 3.05. The molecule has 0 spiro atoms. The molecule has 0 aliphatic carbocycles. The smallest absolute Gasteiger partial charge is 0.377 e. The van der Waals surface area contributed by atoms with Gasteiger partial charge in [0.25, 0.3) is 0 Å². The highest BCUT2D eigenvalue weighted by Gasteiger charge is 2.39. The average Bonchev–Trinajstić information content (AvgIpc) is 2.98. The molecule has 9 N–H and O–H groups in total. The summed E-state index contributed by atoms with van der Waals surface area (Å²) in [7, 11) is 0. The van der Waals surface area contributed by atoms with Gasteiger partial charge in [-0.3, -0.25) is 0 Å². The minimum absolute atomic E-state index is 0. The van der Waals surface area contributed by atoms with Gasteiger partial charge in [0, 0.05) is 0 Å². The van der Waals surface area contributed by atoms with Gasteiger partial charge in [-0.1, -0.05) is 14.9 Å². The Balaban J connectivity index is 0. The Kier molecular flexibility index (Phi) is 10.9. The van der Waals surface area contributed by atoms with E-state index in [1.165, 1.54) is 0 Å². The SMILES string of the molecule is C.C.O=C1OC(C(O)CO)C(O)=C1O.OCC(O)C1OC(O)C(O)=C1O. The third kappa shape index (κ3) is 5.45. The predicted molar refractivity (Wildman–Crippen MR) is 85.0 cm³/mol. The minimum Gasteiger partial charge on any atom is -0.506 e. The summed E-state index contributed by atoms with van der Waals surface area (Å²) in [6.45, 7) is -1.30. The summed E-state index contributed by atoms with van der Waals surface area (Å²) in [5.74, 6) is -4.16. The van der Waals surface area contributed by atoms with Crippen molar-refractivity contribution in [3.8, 4) is 0 Å². The molecule has 0 radical (unpaired) electrons. The van der Waals surface area contributed by atoms with E-state index in [9.17, 15) is 4.79 Å². The van der Waals surface area contributed by atoms with Gasteiger partial charge in [0.05, 0.1) is 13.2 Å². The van der Waals surface area contributed by atoms with Crippen LogP contribution in [0.1, 0.15) is 14.9 Å². The van der Waals surface area contributed by atoms with Gasteiger partial charge in [-0.25, -0.2) is 4.79 Å². The fraction of sp³-hybridized carbons (Fsp3) is 0.643. The predicted octanol–water partition coefficient (Wildman–Crippen LogP) is -1.75. The van der Waals surface area contributed by atoms with Gasteiger partial charge in [0.2, 0.25) is 12.0 Å². The molecule has 2 aliphatic rings. The van der Waals surface area contributed by atoms with Crippen molar-refractivity contribution in [3.05, 3.63) is 23.0 Å². The van der Waals surface area contributed by atoms with Crippen LogP contribution in [0.5, 0.6) is 0 Å². The van der Waals surface area contributed by atoms with Crippen LogP contribution >= 0.6 is 0 Å². The number of carbonyl (C=O) groups excluding carboxylic acids is 1. The van der Waals surface area contributed by atoms with E-state index in [-0.39, 0.29) is 14.9 Å². The van der Waals surface area contributed by atoms with E-state index >= 15 is 0 Å². The van der Waals surface area contributed by atoms with Crippen molar-refractivity contribution >= 4 is 5.97 Å². The maximum Gasteiger partial charge on any atom is 0.377 e. The van der Waals surface area contributed by atoms with Gasteiger partial charge in [0.15, 0.2) is 23.4 Å². The van der Waals surface area contributed by atoms with Crippen LogP contribution in [-0.4, -0.2) is 95.8 Å². The second kappa shape index (κ2) is 10.8. The largest absolute Gasteiger partial charge is 0.506 e. The van der Waals surface area contributed by atoms with Crippen LogP contribution in [0.3, 0.4) is 0 Å². The Morgan fingerprint density at radius 3 is 1.62 bits per heavy atom. The molecule has 5 atom stereocenters. The molecule has 0 aromatic heterocycles. The minimum atomic E-state index is -1.63. The molecule has 2 rings (SSSR count). The molecule has 0 aromatic rings. The molecular formula is C14H26O12. The van der Waals surface area contributed by atoms with Crippen molar-refractivity contribution in [2.24, 2.45) is 0 Å². The fourth-order valence-corrected chi connectivity index (χ4v) is 1.73. The number of rotatable bonds is 4. The van der Waals surface area contributed by atoms with E-state index in [1.807, 2.05) is 0 Å². The van der Waals surface area contributed by atoms with Crippen LogP contribution in [-0.2, 0) is 14.3 Å². The Hall–Kier alpha value is -2.09. The number of hydrogen-bond donors (Lipinski definition) is 9. The number of cyclic esters (lactones) is 1. The van der Waals surface area contributed by atoms with Crippen LogP contribution in [0.2, 0.25) is 0 Å². The van der Waals surface area contributed by atoms with E-state index < -0.39 is 72.9 Å². The first kappa shape index (κ1) is 26.1. The molecule has 2 heterocycles. The van der Waals surface area contributed by atoms with E-state index in [2.05, 4.69) is 9.47 Å². The van der Waals surface area contributed by atoms with Crippen LogP contribution in [0, 0.1) is 0 Å². The van der Waals surface area contributed by atoms with Crippen molar-refractivity contribution in [3.63, 3.8) is 0 Å². The molecule has 154 valence electrons. The summed E-state index contributed by atoms with van der Waals surface area (Å²) in [5, 5.41) is 79.1. The molecule has 0 fully saturated rings.